The molecule has 0 radical (unpaired) electrons. The van der Waals surface area contributed by atoms with Gasteiger partial charge in [0, 0.05) is 0 Å². The molecule has 0 bridgehead atoms. The molecule has 1 nitrogen and oxygen atoms in total. The SMILES string of the molecule is Cc1cc(F)cc(C(O)CCCC(C)C)c1. The van der Waals surface area contributed by atoms with Crippen molar-refractivity contribution in [1.29, 1.82) is 0 Å². The van der Waals surface area contributed by atoms with Gasteiger partial charge in [-0.1, -0.05) is 32.8 Å². The molecule has 0 amide bonds. The van der Waals surface area contributed by atoms with Crippen LogP contribution in [0.1, 0.15) is 50.3 Å². The van der Waals surface area contributed by atoms with E-state index in [-0.39, 0.29) is 5.82 Å². The van der Waals surface area contributed by atoms with E-state index in [1.54, 1.807) is 0 Å². The predicted molar refractivity (Wildman–Crippen MR) is 64.8 cm³/mol. The highest BCUT2D eigenvalue weighted by Crippen LogP contribution is 2.22. The molecule has 0 spiro atoms. The second-order valence-electron chi connectivity index (χ2n) is 4.90. The maximum absolute atomic E-state index is 13.1. The Bertz CT molecular complexity index is 313. The first-order chi connectivity index (χ1) is 7.49. The number of hydrogen-bond donors (Lipinski definition) is 1. The van der Waals surface area contributed by atoms with Crippen LogP contribution >= 0.6 is 0 Å². The van der Waals surface area contributed by atoms with E-state index in [9.17, 15) is 9.50 Å². The summed E-state index contributed by atoms with van der Waals surface area (Å²) in [7, 11) is 0. The molecule has 1 aromatic carbocycles. The Morgan fingerprint density at radius 3 is 2.44 bits per heavy atom. The van der Waals surface area contributed by atoms with Crippen molar-refractivity contribution in [1.82, 2.24) is 0 Å². The van der Waals surface area contributed by atoms with Crippen LogP contribution in [0, 0.1) is 18.7 Å². The highest BCUT2D eigenvalue weighted by atomic mass is 19.1. The van der Waals surface area contributed by atoms with Crippen LogP contribution in [0.5, 0.6) is 0 Å². The van der Waals surface area contributed by atoms with Gasteiger partial charge in [-0.05, 0) is 42.5 Å². The fourth-order valence-electron chi connectivity index (χ4n) is 1.84. The third-order valence-electron chi connectivity index (χ3n) is 2.71. The largest absolute Gasteiger partial charge is 0.388 e. The number of benzene rings is 1. The molecule has 90 valence electrons. The molecule has 1 N–H and O–H groups in total. The number of halogens is 1. The van der Waals surface area contributed by atoms with Gasteiger partial charge >= 0.3 is 0 Å². The summed E-state index contributed by atoms with van der Waals surface area (Å²) in [6.45, 7) is 6.17. The van der Waals surface area contributed by atoms with Gasteiger partial charge in [0.2, 0.25) is 0 Å². The third-order valence-corrected chi connectivity index (χ3v) is 2.71. The third kappa shape index (κ3) is 4.31. The molecule has 0 aliphatic rings. The Morgan fingerprint density at radius 1 is 1.19 bits per heavy atom. The predicted octanol–water partition coefficient (Wildman–Crippen LogP) is 3.99. The molecular formula is C14H21FO. The second kappa shape index (κ2) is 6.00. The van der Waals surface area contributed by atoms with E-state index in [4.69, 9.17) is 0 Å². The van der Waals surface area contributed by atoms with Crippen molar-refractivity contribution in [2.75, 3.05) is 0 Å². The molecule has 2 heteroatoms. The molecule has 0 heterocycles. The number of aliphatic hydroxyl groups is 1. The van der Waals surface area contributed by atoms with Gasteiger partial charge in [-0.2, -0.15) is 0 Å². The molecule has 0 aromatic heterocycles. The van der Waals surface area contributed by atoms with E-state index in [0.29, 0.717) is 17.9 Å². The molecule has 1 aromatic rings. The summed E-state index contributed by atoms with van der Waals surface area (Å²) in [5, 5.41) is 9.92. The zero-order valence-corrected chi connectivity index (χ0v) is 10.3. The summed E-state index contributed by atoms with van der Waals surface area (Å²) in [6.07, 6.45) is 2.26. The maximum atomic E-state index is 13.1. The van der Waals surface area contributed by atoms with Crippen LogP contribution in [0.4, 0.5) is 4.39 Å². The number of aliphatic hydroxyl groups excluding tert-OH is 1. The van der Waals surface area contributed by atoms with Crippen LogP contribution in [0.15, 0.2) is 18.2 Å². The summed E-state index contributed by atoms with van der Waals surface area (Å²) in [4.78, 5) is 0. The van der Waals surface area contributed by atoms with Gasteiger partial charge in [0.1, 0.15) is 5.82 Å². The van der Waals surface area contributed by atoms with E-state index in [1.807, 2.05) is 13.0 Å². The fourth-order valence-corrected chi connectivity index (χ4v) is 1.84. The van der Waals surface area contributed by atoms with Crippen molar-refractivity contribution >= 4 is 0 Å². The normalized spacial score (nSPS) is 13.1. The molecule has 1 rings (SSSR count). The quantitative estimate of drug-likeness (QED) is 0.801. The number of hydrogen-bond acceptors (Lipinski definition) is 1. The number of rotatable bonds is 5. The topological polar surface area (TPSA) is 20.2 Å². The highest BCUT2D eigenvalue weighted by Gasteiger charge is 2.09. The smallest absolute Gasteiger partial charge is 0.123 e. The fraction of sp³-hybridized carbons (Fsp3) is 0.571. The number of aryl methyl sites for hydroxylation is 1. The Labute approximate surface area is 97.3 Å². The maximum Gasteiger partial charge on any atom is 0.123 e. The first-order valence-corrected chi connectivity index (χ1v) is 5.94. The first kappa shape index (κ1) is 13.2. The Morgan fingerprint density at radius 2 is 1.88 bits per heavy atom. The standard InChI is InChI=1S/C14H21FO/c1-10(2)5-4-6-14(16)12-7-11(3)8-13(15)9-12/h7-10,14,16H,4-6H2,1-3H3. The van der Waals surface area contributed by atoms with Crippen LogP contribution in [0.3, 0.4) is 0 Å². The van der Waals surface area contributed by atoms with E-state index in [1.165, 1.54) is 12.1 Å². The van der Waals surface area contributed by atoms with Crippen molar-refractivity contribution in [3.63, 3.8) is 0 Å². The van der Waals surface area contributed by atoms with E-state index < -0.39 is 6.10 Å². The minimum absolute atomic E-state index is 0.266. The van der Waals surface area contributed by atoms with E-state index >= 15 is 0 Å². The van der Waals surface area contributed by atoms with Gasteiger partial charge in [0.25, 0.3) is 0 Å². The van der Waals surface area contributed by atoms with E-state index in [2.05, 4.69) is 13.8 Å². The summed E-state index contributed by atoms with van der Waals surface area (Å²) in [6, 6.07) is 4.75. The Hall–Kier alpha value is -0.890. The molecule has 1 atom stereocenters. The van der Waals surface area contributed by atoms with Gasteiger partial charge in [-0.25, -0.2) is 4.39 Å². The molecule has 16 heavy (non-hydrogen) atoms. The van der Waals surface area contributed by atoms with E-state index in [0.717, 1.165) is 18.4 Å². The summed E-state index contributed by atoms with van der Waals surface area (Å²) in [5.41, 5.74) is 1.55. The van der Waals surface area contributed by atoms with Crippen molar-refractivity contribution in [2.24, 2.45) is 5.92 Å². The average Bonchev–Trinajstić information content (AvgIpc) is 2.15. The van der Waals surface area contributed by atoms with Crippen molar-refractivity contribution in [2.45, 2.75) is 46.1 Å². The molecule has 1 unspecified atom stereocenters. The molecule has 0 saturated heterocycles. The molecule has 0 saturated carbocycles. The summed E-state index contributed by atoms with van der Waals surface area (Å²) < 4.78 is 13.1. The molecular weight excluding hydrogens is 203 g/mol. The van der Waals surface area contributed by atoms with Crippen molar-refractivity contribution < 1.29 is 9.50 Å². The zero-order chi connectivity index (χ0) is 12.1. The van der Waals surface area contributed by atoms with Crippen molar-refractivity contribution in [3.8, 4) is 0 Å². The Kier molecular flexibility index (Phi) is 4.94. The molecule has 0 aliphatic heterocycles. The van der Waals surface area contributed by atoms with Crippen LogP contribution < -0.4 is 0 Å². The monoisotopic (exact) mass is 224 g/mol. The minimum atomic E-state index is -0.534. The minimum Gasteiger partial charge on any atom is -0.388 e. The van der Waals surface area contributed by atoms with Gasteiger partial charge in [-0.15, -0.1) is 0 Å². The van der Waals surface area contributed by atoms with Gasteiger partial charge < -0.3 is 5.11 Å². The van der Waals surface area contributed by atoms with Gasteiger partial charge in [0.05, 0.1) is 6.10 Å². The summed E-state index contributed by atoms with van der Waals surface area (Å²) in [5.74, 6) is 0.388. The average molecular weight is 224 g/mol. The van der Waals surface area contributed by atoms with Gasteiger partial charge in [0.15, 0.2) is 0 Å². The first-order valence-electron chi connectivity index (χ1n) is 5.94. The van der Waals surface area contributed by atoms with Gasteiger partial charge in [-0.3, -0.25) is 0 Å². The lowest BCUT2D eigenvalue weighted by atomic mass is 9.99. The second-order valence-corrected chi connectivity index (χ2v) is 4.90. The van der Waals surface area contributed by atoms with Crippen LogP contribution in [0.25, 0.3) is 0 Å². The van der Waals surface area contributed by atoms with Crippen molar-refractivity contribution in [3.05, 3.63) is 35.1 Å². The molecule has 0 fully saturated rings. The lowest BCUT2D eigenvalue weighted by molar-refractivity contribution is 0.161. The Balaban J connectivity index is 2.55. The zero-order valence-electron chi connectivity index (χ0n) is 10.3. The lowest BCUT2D eigenvalue weighted by Crippen LogP contribution is -2.00. The summed E-state index contributed by atoms with van der Waals surface area (Å²) >= 11 is 0. The van der Waals surface area contributed by atoms with Crippen LogP contribution in [0.2, 0.25) is 0 Å². The molecule has 0 aliphatic carbocycles. The lowest BCUT2D eigenvalue weighted by Gasteiger charge is -2.12. The highest BCUT2D eigenvalue weighted by molar-refractivity contribution is 5.25. The van der Waals surface area contributed by atoms with Crippen LogP contribution in [-0.2, 0) is 0 Å². The van der Waals surface area contributed by atoms with Crippen LogP contribution in [-0.4, -0.2) is 5.11 Å².